The van der Waals surface area contributed by atoms with E-state index in [9.17, 15) is 13.2 Å². The third-order valence-corrected chi connectivity index (χ3v) is 7.79. The van der Waals surface area contributed by atoms with Crippen LogP contribution in [0.4, 0.5) is 11.4 Å². The summed E-state index contributed by atoms with van der Waals surface area (Å²) in [6.07, 6.45) is 2.58. The Morgan fingerprint density at radius 2 is 1.62 bits per heavy atom. The molecular formula is C26H28N2O3S. The van der Waals surface area contributed by atoms with E-state index in [-0.39, 0.29) is 10.8 Å². The van der Waals surface area contributed by atoms with Crippen LogP contribution in [0, 0.1) is 13.8 Å². The van der Waals surface area contributed by atoms with Crippen molar-refractivity contribution < 1.29 is 13.2 Å². The molecule has 0 atom stereocenters. The van der Waals surface area contributed by atoms with Crippen LogP contribution < -0.4 is 9.62 Å². The third kappa shape index (κ3) is 4.55. The molecule has 5 nitrogen and oxygen atoms in total. The van der Waals surface area contributed by atoms with Crippen molar-refractivity contribution in [2.45, 2.75) is 44.4 Å². The molecule has 0 fully saturated rings. The van der Waals surface area contributed by atoms with Crippen LogP contribution in [-0.4, -0.2) is 20.9 Å². The molecule has 0 aliphatic carbocycles. The summed E-state index contributed by atoms with van der Waals surface area (Å²) in [6, 6.07) is 20.5. The first-order valence-electron chi connectivity index (χ1n) is 10.9. The summed E-state index contributed by atoms with van der Waals surface area (Å²) in [7, 11) is -3.62. The first-order chi connectivity index (χ1) is 15.4. The number of hydrogen-bond acceptors (Lipinski definition) is 3. The number of fused-ring (bicyclic) bond motifs is 1. The van der Waals surface area contributed by atoms with Crippen LogP contribution in [0.5, 0.6) is 0 Å². The number of rotatable bonds is 6. The van der Waals surface area contributed by atoms with Crippen molar-refractivity contribution in [3.63, 3.8) is 0 Å². The Kier molecular flexibility index (Phi) is 6.33. The Morgan fingerprint density at radius 1 is 0.938 bits per heavy atom. The lowest BCUT2D eigenvalue weighted by Crippen LogP contribution is -2.35. The number of benzene rings is 3. The molecule has 1 amide bonds. The van der Waals surface area contributed by atoms with Crippen molar-refractivity contribution in [3.8, 4) is 0 Å². The van der Waals surface area contributed by atoms with Gasteiger partial charge in [0.25, 0.3) is 10.0 Å². The predicted octanol–water partition coefficient (Wildman–Crippen LogP) is 5.02. The van der Waals surface area contributed by atoms with E-state index in [2.05, 4.69) is 5.32 Å². The summed E-state index contributed by atoms with van der Waals surface area (Å²) in [5.41, 5.74) is 5.69. The van der Waals surface area contributed by atoms with Crippen LogP contribution in [0.2, 0.25) is 0 Å². The molecule has 1 heterocycles. The van der Waals surface area contributed by atoms with Gasteiger partial charge in [0.15, 0.2) is 0 Å². The smallest absolute Gasteiger partial charge is 0.264 e. The number of anilines is 2. The Bertz CT molecular complexity index is 1210. The lowest BCUT2D eigenvalue weighted by atomic mass is 10.0. The Hall–Kier alpha value is -3.12. The Balaban J connectivity index is 1.43. The molecule has 0 unspecified atom stereocenters. The standard InChI is InChI=1S/C26H28N2O3S/c1-19-7-5-8-20(2)26(19)27-25(29)17-14-21-12-15-23(16-13-21)32(30,31)28-18-6-10-22-9-3-4-11-24(22)28/h3-5,7-9,11-13,15-16H,6,10,14,17-18H2,1-2H3,(H,27,29). The second-order valence-corrected chi connectivity index (χ2v) is 10.1. The average Bonchev–Trinajstić information content (AvgIpc) is 2.80. The highest BCUT2D eigenvalue weighted by Gasteiger charge is 2.28. The number of sulfonamides is 1. The van der Waals surface area contributed by atoms with Crippen LogP contribution in [0.1, 0.15) is 35.1 Å². The van der Waals surface area contributed by atoms with Crippen LogP contribution in [0.15, 0.2) is 71.6 Å². The topological polar surface area (TPSA) is 66.5 Å². The number of aryl methyl sites for hydroxylation is 4. The maximum atomic E-state index is 13.3. The average molecular weight is 449 g/mol. The van der Waals surface area contributed by atoms with Crippen molar-refractivity contribution in [3.05, 3.63) is 89.0 Å². The van der Waals surface area contributed by atoms with E-state index in [1.165, 1.54) is 4.31 Å². The fourth-order valence-corrected chi connectivity index (χ4v) is 5.72. The van der Waals surface area contributed by atoms with Gasteiger partial charge in [-0.1, -0.05) is 48.5 Å². The molecule has 0 bridgehead atoms. The minimum absolute atomic E-state index is 0.0518. The zero-order valence-corrected chi connectivity index (χ0v) is 19.3. The normalized spacial score (nSPS) is 13.5. The zero-order valence-electron chi connectivity index (χ0n) is 18.5. The first kappa shape index (κ1) is 22.1. The highest BCUT2D eigenvalue weighted by molar-refractivity contribution is 7.92. The van der Waals surface area contributed by atoms with Gasteiger partial charge in [-0.05, 0) is 73.6 Å². The lowest BCUT2D eigenvalue weighted by Gasteiger charge is -2.30. The summed E-state index contributed by atoms with van der Waals surface area (Å²) in [6.45, 7) is 4.44. The molecule has 0 aromatic heterocycles. The number of carbonyl (C=O) groups is 1. The number of nitrogens with zero attached hydrogens (tertiary/aromatic N) is 1. The van der Waals surface area contributed by atoms with E-state index in [1.54, 1.807) is 24.3 Å². The molecule has 0 saturated carbocycles. The molecule has 3 aromatic rings. The van der Waals surface area contributed by atoms with Crippen molar-refractivity contribution in [1.82, 2.24) is 0 Å². The van der Waals surface area contributed by atoms with Crippen molar-refractivity contribution in [1.29, 1.82) is 0 Å². The van der Waals surface area contributed by atoms with E-state index in [0.717, 1.165) is 46.5 Å². The Morgan fingerprint density at radius 3 is 2.34 bits per heavy atom. The first-order valence-corrected chi connectivity index (χ1v) is 12.4. The summed E-state index contributed by atoms with van der Waals surface area (Å²) >= 11 is 0. The third-order valence-electron chi connectivity index (χ3n) is 5.97. The van der Waals surface area contributed by atoms with Crippen molar-refractivity contribution in [2.75, 3.05) is 16.2 Å². The molecule has 4 rings (SSSR count). The summed E-state index contributed by atoms with van der Waals surface area (Å²) in [5.74, 6) is -0.0518. The maximum absolute atomic E-state index is 13.3. The molecule has 0 spiro atoms. The molecule has 1 N–H and O–H groups in total. The molecular weight excluding hydrogens is 420 g/mol. The quantitative estimate of drug-likeness (QED) is 0.576. The summed E-state index contributed by atoms with van der Waals surface area (Å²) in [4.78, 5) is 12.7. The summed E-state index contributed by atoms with van der Waals surface area (Å²) in [5, 5.41) is 3.00. The fourth-order valence-electron chi connectivity index (χ4n) is 4.18. The molecule has 1 aliphatic heterocycles. The highest BCUT2D eigenvalue weighted by atomic mass is 32.2. The van der Waals surface area contributed by atoms with Crippen LogP contribution >= 0.6 is 0 Å². The molecule has 0 saturated heterocycles. The van der Waals surface area contributed by atoms with Gasteiger partial charge in [0.2, 0.25) is 5.91 Å². The fraction of sp³-hybridized carbons (Fsp3) is 0.269. The maximum Gasteiger partial charge on any atom is 0.264 e. The van der Waals surface area contributed by atoms with Gasteiger partial charge in [-0.3, -0.25) is 9.10 Å². The van der Waals surface area contributed by atoms with Crippen molar-refractivity contribution >= 4 is 27.3 Å². The van der Waals surface area contributed by atoms with E-state index in [0.29, 0.717) is 19.4 Å². The van der Waals surface area contributed by atoms with Gasteiger partial charge < -0.3 is 5.32 Å². The predicted molar refractivity (Wildman–Crippen MR) is 129 cm³/mol. The van der Waals surface area contributed by atoms with Gasteiger partial charge in [-0.25, -0.2) is 8.42 Å². The minimum Gasteiger partial charge on any atom is -0.326 e. The van der Waals surface area contributed by atoms with E-state index in [1.807, 2.05) is 56.3 Å². The van der Waals surface area contributed by atoms with Crippen LogP contribution in [-0.2, 0) is 27.7 Å². The van der Waals surface area contributed by atoms with Gasteiger partial charge in [0.05, 0.1) is 10.6 Å². The van der Waals surface area contributed by atoms with Crippen LogP contribution in [0.25, 0.3) is 0 Å². The van der Waals surface area contributed by atoms with Gasteiger partial charge in [0.1, 0.15) is 0 Å². The zero-order chi connectivity index (χ0) is 22.7. The highest BCUT2D eigenvalue weighted by Crippen LogP contribution is 2.31. The van der Waals surface area contributed by atoms with Crippen molar-refractivity contribution in [2.24, 2.45) is 0 Å². The van der Waals surface area contributed by atoms with Gasteiger partial charge >= 0.3 is 0 Å². The molecule has 0 radical (unpaired) electrons. The lowest BCUT2D eigenvalue weighted by molar-refractivity contribution is -0.116. The minimum atomic E-state index is -3.62. The number of hydrogen-bond donors (Lipinski definition) is 1. The number of para-hydroxylation sites is 2. The number of amides is 1. The SMILES string of the molecule is Cc1cccc(C)c1NC(=O)CCc1ccc(S(=O)(=O)N2CCCc3ccccc32)cc1. The van der Waals surface area contributed by atoms with Gasteiger partial charge in [0, 0.05) is 18.7 Å². The van der Waals surface area contributed by atoms with E-state index >= 15 is 0 Å². The summed E-state index contributed by atoms with van der Waals surface area (Å²) < 4.78 is 28.0. The molecule has 166 valence electrons. The van der Waals surface area contributed by atoms with Gasteiger partial charge in [-0.15, -0.1) is 0 Å². The van der Waals surface area contributed by atoms with E-state index < -0.39 is 10.0 Å². The molecule has 3 aromatic carbocycles. The van der Waals surface area contributed by atoms with E-state index in [4.69, 9.17) is 0 Å². The second-order valence-electron chi connectivity index (χ2n) is 8.27. The molecule has 6 heteroatoms. The molecule has 1 aliphatic rings. The number of nitrogens with one attached hydrogen (secondary N) is 1. The molecule has 32 heavy (non-hydrogen) atoms. The van der Waals surface area contributed by atoms with Crippen LogP contribution in [0.3, 0.4) is 0 Å². The Labute approximate surface area is 190 Å². The second kappa shape index (κ2) is 9.17. The van der Waals surface area contributed by atoms with Gasteiger partial charge in [-0.2, -0.15) is 0 Å². The monoisotopic (exact) mass is 448 g/mol. The number of carbonyl (C=O) groups excluding carboxylic acids is 1. The largest absolute Gasteiger partial charge is 0.326 e.